The van der Waals surface area contributed by atoms with Crippen LogP contribution >= 0.6 is 0 Å². The van der Waals surface area contributed by atoms with E-state index < -0.39 is 0 Å². The van der Waals surface area contributed by atoms with Crippen LogP contribution in [0, 0.1) is 6.92 Å². The topological polar surface area (TPSA) is 79.4 Å². The fourth-order valence-electron chi connectivity index (χ4n) is 2.27. The molecule has 0 spiro atoms. The number of aryl methyl sites for hydroxylation is 1. The van der Waals surface area contributed by atoms with Crippen LogP contribution in [0.1, 0.15) is 31.6 Å². The highest BCUT2D eigenvalue weighted by molar-refractivity contribution is 5.35. The van der Waals surface area contributed by atoms with Crippen LogP contribution in [0.5, 0.6) is 0 Å². The summed E-state index contributed by atoms with van der Waals surface area (Å²) in [6.45, 7) is 3.85. The van der Waals surface area contributed by atoms with E-state index >= 15 is 0 Å². The van der Waals surface area contributed by atoms with E-state index in [1.165, 1.54) is 4.57 Å². The van der Waals surface area contributed by atoms with Gasteiger partial charge in [-0.15, -0.1) is 0 Å². The minimum absolute atomic E-state index is 0.0183. The Labute approximate surface area is 106 Å². The van der Waals surface area contributed by atoms with Crippen LogP contribution in [-0.2, 0) is 9.47 Å². The second kappa shape index (κ2) is 5.07. The molecule has 0 aliphatic carbocycles. The van der Waals surface area contributed by atoms with E-state index in [0.717, 1.165) is 12.0 Å². The van der Waals surface area contributed by atoms with Gasteiger partial charge in [0.05, 0.1) is 12.2 Å². The maximum atomic E-state index is 11.8. The maximum absolute atomic E-state index is 11.8. The first kappa shape index (κ1) is 13.0. The van der Waals surface area contributed by atoms with Crippen molar-refractivity contribution in [3.8, 4) is 0 Å². The van der Waals surface area contributed by atoms with Crippen molar-refractivity contribution >= 4 is 5.82 Å². The first-order chi connectivity index (χ1) is 8.56. The van der Waals surface area contributed by atoms with Crippen molar-refractivity contribution in [2.45, 2.75) is 45.1 Å². The van der Waals surface area contributed by atoms with Crippen molar-refractivity contribution < 1.29 is 9.47 Å². The number of methoxy groups -OCH3 is 1. The average Bonchev–Trinajstić information content (AvgIpc) is 2.76. The molecular weight excluding hydrogens is 234 g/mol. The summed E-state index contributed by atoms with van der Waals surface area (Å²) in [6, 6.07) is 0. The smallest absolute Gasteiger partial charge is 0.351 e. The third kappa shape index (κ3) is 2.26. The van der Waals surface area contributed by atoms with Gasteiger partial charge in [-0.1, -0.05) is 6.92 Å². The molecule has 2 heterocycles. The van der Waals surface area contributed by atoms with Gasteiger partial charge in [0.1, 0.15) is 12.0 Å². The Hall–Kier alpha value is -1.40. The van der Waals surface area contributed by atoms with Crippen LogP contribution in [0.3, 0.4) is 0 Å². The molecule has 0 saturated carbocycles. The van der Waals surface area contributed by atoms with Crippen LogP contribution in [0.4, 0.5) is 5.82 Å². The molecule has 0 aromatic carbocycles. The lowest BCUT2D eigenvalue weighted by Crippen LogP contribution is -2.28. The summed E-state index contributed by atoms with van der Waals surface area (Å²) in [6.07, 6.45) is 2.92. The lowest BCUT2D eigenvalue weighted by atomic mass is 10.1. The van der Waals surface area contributed by atoms with E-state index in [4.69, 9.17) is 15.2 Å². The quantitative estimate of drug-likeness (QED) is 0.863. The predicted octanol–water partition coefficient (Wildman–Crippen LogP) is 0.846. The van der Waals surface area contributed by atoms with Crippen molar-refractivity contribution in [3.05, 3.63) is 22.2 Å². The molecule has 1 aromatic heterocycles. The number of ether oxygens (including phenoxy) is 2. The average molecular weight is 253 g/mol. The van der Waals surface area contributed by atoms with Crippen LogP contribution in [-0.4, -0.2) is 28.9 Å². The Morgan fingerprint density at radius 1 is 1.67 bits per heavy atom. The number of aromatic nitrogens is 2. The molecule has 100 valence electrons. The largest absolute Gasteiger partial charge is 0.383 e. The van der Waals surface area contributed by atoms with Gasteiger partial charge in [0.25, 0.3) is 0 Å². The monoisotopic (exact) mass is 253 g/mol. The van der Waals surface area contributed by atoms with E-state index in [2.05, 4.69) is 4.98 Å². The summed E-state index contributed by atoms with van der Waals surface area (Å²) in [5, 5.41) is 0. The molecule has 1 unspecified atom stereocenters. The van der Waals surface area contributed by atoms with E-state index in [0.29, 0.717) is 6.42 Å². The lowest BCUT2D eigenvalue weighted by molar-refractivity contribution is -0.0301. The summed E-state index contributed by atoms with van der Waals surface area (Å²) in [5.41, 5.74) is 6.00. The molecule has 1 aromatic rings. The highest BCUT2D eigenvalue weighted by atomic mass is 16.6. The van der Waals surface area contributed by atoms with Gasteiger partial charge < -0.3 is 15.2 Å². The van der Waals surface area contributed by atoms with Crippen molar-refractivity contribution in [2.24, 2.45) is 0 Å². The number of nitrogens with zero attached hydrogens (tertiary/aromatic N) is 2. The maximum Gasteiger partial charge on any atom is 0.351 e. The Balaban J connectivity index is 2.28. The van der Waals surface area contributed by atoms with Gasteiger partial charge in [-0.2, -0.15) is 4.98 Å². The Morgan fingerprint density at radius 3 is 2.94 bits per heavy atom. The number of hydrogen-bond acceptors (Lipinski definition) is 5. The van der Waals surface area contributed by atoms with Gasteiger partial charge in [0, 0.05) is 25.3 Å². The number of nitrogen functional groups attached to an aromatic ring is 1. The normalized spacial score (nSPS) is 27.6. The zero-order chi connectivity index (χ0) is 13.3. The third-order valence-electron chi connectivity index (χ3n) is 3.37. The number of anilines is 1. The van der Waals surface area contributed by atoms with Gasteiger partial charge >= 0.3 is 5.69 Å². The first-order valence-electron chi connectivity index (χ1n) is 6.10. The minimum Gasteiger partial charge on any atom is -0.383 e. The highest BCUT2D eigenvalue weighted by Crippen LogP contribution is 2.31. The summed E-state index contributed by atoms with van der Waals surface area (Å²) >= 11 is 0. The molecule has 18 heavy (non-hydrogen) atoms. The zero-order valence-corrected chi connectivity index (χ0v) is 10.9. The molecule has 2 rings (SSSR count). The Kier molecular flexibility index (Phi) is 3.68. The van der Waals surface area contributed by atoms with E-state index in [1.807, 2.05) is 13.8 Å². The molecule has 1 saturated heterocycles. The van der Waals surface area contributed by atoms with E-state index in [-0.39, 0.29) is 29.9 Å². The molecule has 3 atom stereocenters. The summed E-state index contributed by atoms with van der Waals surface area (Å²) in [5.74, 6) is 0.268. The predicted molar refractivity (Wildman–Crippen MR) is 67.3 cm³/mol. The van der Waals surface area contributed by atoms with Crippen molar-refractivity contribution in [1.29, 1.82) is 0 Å². The molecular formula is C12H19N3O3. The second-order valence-corrected chi connectivity index (χ2v) is 4.55. The number of hydrogen-bond donors (Lipinski definition) is 1. The molecule has 1 fully saturated rings. The molecule has 1 aliphatic rings. The van der Waals surface area contributed by atoms with Crippen LogP contribution in [0.2, 0.25) is 0 Å². The number of rotatable bonds is 3. The zero-order valence-electron chi connectivity index (χ0n) is 10.9. The van der Waals surface area contributed by atoms with Gasteiger partial charge in [0.2, 0.25) is 0 Å². The molecule has 0 radical (unpaired) electrons. The first-order valence-corrected chi connectivity index (χ1v) is 6.10. The van der Waals surface area contributed by atoms with Crippen LogP contribution < -0.4 is 11.4 Å². The molecule has 6 nitrogen and oxygen atoms in total. The van der Waals surface area contributed by atoms with Gasteiger partial charge in [-0.05, 0) is 13.3 Å². The van der Waals surface area contributed by atoms with Gasteiger partial charge in [0.15, 0.2) is 0 Å². The SMILES string of the molecule is CC[C@H]1O[C@@H](n2cc(C)c(N)nc2=O)CC1OC. The molecule has 2 N–H and O–H groups in total. The van der Waals surface area contributed by atoms with E-state index in [1.54, 1.807) is 13.3 Å². The highest BCUT2D eigenvalue weighted by Gasteiger charge is 2.35. The van der Waals surface area contributed by atoms with Crippen molar-refractivity contribution in [3.63, 3.8) is 0 Å². The second-order valence-electron chi connectivity index (χ2n) is 4.55. The molecule has 0 amide bonds. The Morgan fingerprint density at radius 2 is 2.39 bits per heavy atom. The molecule has 0 bridgehead atoms. The van der Waals surface area contributed by atoms with Crippen LogP contribution in [0.25, 0.3) is 0 Å². The number of nitrogens with two attached hydrogens (primary N) is 1. The summed E-state index contributed by atoms with van der Waals surface area (Å²) < 4.78 is 12.7. The lowest BCUT2D eigenvalue weighted by Gasteiger charge is -2.15. The summed E-state index contributed by atoms with van der Waals surface area (Å²) in [4.78, 5) is 15.6. The van der Waals surface area contributed by atoms with Gasteiger partial charge in [-0.3, -0.25) is 4.57 Å². The fourth-order valence-corrected chi connectivity index (χ4v) is 2.27. The molecule has 6 heteroatoms. The van der Waals surface area contributed by atoms with E-state index in [9.17, 15) is 4.79 Å². The standard InChI is InChI=1S/C12H19N3O3/c1-4-8-9(17-3)5-10(18-8)15-6-7(2)11(13)14-12(15)16/h6,8-10H,4-5H2,1-3H3,(H2,13,14,16)/t8-,9?,10-/m1/s1. The van der Waals surface area contributed by atoms with Crippen LogP contribution in [0.15, 0.2) is 11.0 Å². The van der Waals surface area contributed by atoms with Gasteiger partial charge in [-0.25, -0.2) is 4.79 Å². The molecule has 1 aliphatic heterocycles. The Bertz CT molecular complexity index is 474. The van der Waals surface area contributed by atoms with Crippen molar-refractivity contribution in [1.82, 2.24) is 9.55 Å². The van der Waals surface area contributed by atoms with Crippen molar-refractivity contribution in [2.75, 3.05) is 12.8 Å². The third-order valence-corrected chi connectivity index (χ3v) is 3.37. The minimum atomic E-state index is -0.380. The fraction of sp³-hybridized carbons (Fsp3) is 0.667. The summed E-state index contributed by atoms with van der Waals surface area (Å²) in [7, 11) is 1.66.